The first-order chi connectivity index (χ1) is 9.65. The summed E-state index contributed by atoms with van der Waals surface area (Å²) in [4.78, 5) is 12.3. The lowest BCUT2D eigenvalue weighted by Gasteiger charge is -2.06. The molecule has 0 aliphatic carbocycles. The van der Waals surface area contributed by atoms with Gasteiger partial charge in [0.15, 0.2) is 5.78 Å². The van der Waals surface area contributed by atoms with Crippen LogP contribution < -0.4 is 4.74 Å². The van der Waals surface area contributed by atoms with E-state index in [0.717, 1.165) is 26.4 Å². The summed E-state index contributed by atoms with van der Waals surface area (Å²) >= 11 is 5.13. The maximum Gasteiger partial charge on any atom is 0.159 e. The molecule has 0 bridgehead atoms. The zero-order valence-electron chi connectivity index (χ0n) is 11.1. The van der Waals surface area contributed by atoms with Crippen LogP contribution in [0.3, 0.4) is 0 Å². The molecule has 0 heterocycles. The monoisotopic (exact) mass is 350 g/mol. The molecule has 2 aromatic carbocycles. The van der Waals surface area contributed by atoms with E-state index in [9.17, 15) is 4.79 Å². The molecule has 0 atom stereocenters. The van der Waals surface area contributed by atoms with Crippen LogP contribution in [0.5, 0.6) is 5.75 Å². The second-order valence-corrected chi connectivity index (χ2v) is 6.32. The van der Waals surface area contributed by atoms with Crippen molar-refractivity contribution in [2.24, 2.45) is 0 Å². The molecule has 104 valence electrons. The SMILES string of the molecule is CC(=O)c1ccc(SCCOc2cccc(Br)c2)cc1. The van der Waals surface area contributed by atoms with Gasteiger partial charge in [0.25, 0.3) is 0 Å². The Morgan fingerprint density at radius 2 is 1.95 bits per heavy atom. The number of carbonyl (C=O) groups excluding carboxylic acids is 1. The third-order valence-corrected chi connectivity index (χ3v) is 4.15. The average molecular weight is 351 g/mol. The predicted octanol–water partition coefficient (Wildman–Crippen LogP) is 4.82. The number of carbonyl (C=O) groups is 1. The van der Waals surface area contributed by atoms with Crippen molar-refractivity contribution >= 4 is 33.5 Å². The van der Waals surface area contributed by atoms with Gasteiger partial charge in [0.1, 0.15) is 5.75 Å². The van der Waals surface area contributed by atoms with E-state index in [1.807, 2.05) is 48.5 Å². The molecule has 0 aliphatic heterocycles. The van der Waals surface area contributed by atoms with Crippen molar-refractivity contribution in [2.75, 3.05) is 12.4 Å². The van der Waals surface area contributed by atoms with Crippen LogP contribution in [0.25, 0.3) is 0 Å². The molecule has 0 amide bonds. The van der Waals surface area contributed by atoms with Crippen LogP contribution in [0.15, 0.2) is 57.9 Å². The molecule has 0 saturated carbocycles. The predicted molar refractivity (Wildman–Crippen MR) is 86.8 cm³/mol. The van der Waals surface area contributed by atoms with Crippen molar-refractivity contribution in [3.05, 3.63) is 58.6 Å². The third kappa shape index (κ3) is 4.69. The number of thioether (sulfide) groups is 1. The molecule has 0 fully saturated rings. The first-order valence-electron chi connectivity index (χ1n) is 6.27. The summed E-state index contributed by atoms with van der Waals surface area (Å²) < 4.78 is 6.68. The van der Waals surface area contributed by atoms with Crippen molar-refractivity contribution in [3.8, 4) is 5.75 Å². The maximum absolute atomic E-state index is 11.2. The van der Waals surface area contributed by atoms with Crippen molar-refractivity contribution in [1.82, 2.24) is 0 Å². The number of hydrogen-bond acceptors (Lipinski definition) is 3. The number of rotatable bonds is 6. The molecule has 4 heteroatoms. The number of hydrogen-bond donors (Lipinski definition) is 0. The lowest BCUT2D eigenvalue weighted by atomic mass is 10.2. The zero-order valence-corrected chi connectivity index (χ0v) is 13.5. The molecule has 2 rings (SSSR count). The van der Waals surface area contributed by atoms with Crippen LogP contribution in [0.2, 0.25) is 0 Å². The molecule has 0 radical (unpaired) electrons. The molecule has 0 aromatic heterocycles. The molecule has 0 aliphatic rings. The van der Waals surface area contributed by atoms with Gasteiger partial charge < -0.3 is 4.74 Å². The Balaban J connectivity index is 1.77. The lowest BCUT2D eigenvalue weighted by Crippen LogP contribution is -2.00. The minimum absolute atomic E-state index is 0.0968. The number of halogens is 1. The Kier molecular flexibility index (Phi) is 5.68. The van der Waals surface area contributed by atoms with Gasteiger partial charge in [0, 0.05) is 20.7 Å². The molecule has 0 saturated heterocycles. The highest BCUT2D eigenvalue weighted by molar-refractivity contribution is 9.10. The quantitative estimate of drug-likeness (QED) is 0.424. The third-order valence-electron chi connectivity index (χ3n) is 2.68. The van der Waals surface area contributed by atoms with Crippen LogP contribution >= 0.6 is 27.7 Å². The van der Waals surface area contributed by atoms with Crippen LogP contribution in [0, 0.1) is 0 Å². The van der Waals surface area contributed by atoms with Crippen LogP contribution in [-0.2, 0) is 0 Å². The highest BCUT2D eigenvalue weighted by Gasteiger charge is 2.00. The first kappa shape index (κ1) is 15.1. The summed E-state index contributed by atoms with van der Waals surface area (Å²) in [6.07, 6.45) is 0. The Hall–Kier alpha value is -1.26. The zero-order chi connectivity index (χ0) is 14.4. The number of ether oxygens (including phenoxy) is 1. The molecule has 20 heavy (non-hydrogen) atoms. The summed E-state index contributed by atoms with van der Waals surface area (Å²) in [5.74, 6) is 1.83. The van der Waals surface area contributed by atoms with Gasteiger partial charge in [-0.25, -0.2) is 0 Å². The number of ketones is 1. The Labute approximate surface area is 131 Å². The molecule has 0 spiro atoms. The summed E-state index contributed by atoms with van der Waals surface area (Å²) in [7, 11) is 0. The molecule has 0 N–H and O–H groups in total. The summed E-state index contributed by atoms with van der Waals surface area (Å²) in [5.41, 5.74) is 0.750. The van der Waals surface area contributed by atoms with Crippen LogP contribution in [-0.4, -0.2) is 18.1 Å². The van der Waals surface area contributed by atoms with E-state index in [4.69, 9.17) is 4.74 Å². The summed E-state index contributed by atoms with van der Waals surface area (Å²) in [6.45, 7) is 2.23. The van der Waals surface area contributed by atoms with Gasteiger partial charge in [0.2, 0.25) is 0 Å². The standard InChI is InChI=1S/C16H15BrO2S/c1-12(18)13-5-7-16(8-6-13)20-10-9-19-15-4-2-3-14(17)11-15/h2-8,11H,9-10H2,1H3. The lowest BCUT2D eigenvalue weighted by molar-refractivity contribution is 0.101. The normalized spacial score (nSPS) is 10.3. The topological polar surface area (TPSA) is 26.3 Å². The van der Waals surface area contributed by atoms with Gasteiger partial charge in [-0.2, -0.15) is 0 Å². The molecular formula is C16H15BrO2S. The Morgan fingerprint density at radius 3 is 2.60 bits per heavy atom. The minimum Gasteiger partial charge on any atom is -0.493 e. The molecule has 2 aromatic rings. The van der Waals surface area contributed by atoms with Gasteiger partial charge in [-0.05, 0) is 37.3 Å². The smallest absolute Gasteiger partial charge is 0.159 e. The summed E-state index contributed by atoms with van der Waals surface area (Å²) in [5, 5.41) is 0. The molecule has 2 nitrogen and oxygen atoms in total. The van der Waals surface area contributed by atoms with Crippen molar-refractivity contribution in [2.45, 2.75) is 11.8 Å². The van der Waals surface area contributed by atoms with E-state index in [-0.39, 0.29) is 5.78 Å². The number of Topliss-reactive ketones (excluding diaryl/α,β-unsaturated/α-hetero) is 1. The number of benzene rings is 2. The van der Waals surface area contributed by atoms with Crippen LogP contribution in [0.4, 0.5) is 0 Å². The molecule has 0 unspecified atom stereocenters. The van der Waals surface area contributed by atoms with E-state index in [1.54, 1.807) is 18.7 Å². The average Bonchev–Trinajstić information content (AvgIpc) is 2.44. The van der Waals surface area contributed by atoms with Gasteiger partial charge >= 0.3 is 0 Å². The first-order valence-corrected chi connectivity index (χ1v) is 8.05. The largest absolute Gasteiger partial charge is 0.493 e. The fraction of sp³-hybridized carbons (Fsp3) is 0.188. The van der Waals surface area contributed by atoms with Crippen molar-refractivity contribution in [3.63, 3.8) is 0 Å². The Bertz CT molecular complexity index is 581. The van der Waals surface area contributed by atoms with Gasteiger partial charge in [-0.1, -0.05) is 34.1 Å². The maximum atomic E-state index is 11.2. The van der Waals surface area contributed by atoms with Crippen molar-refractivity contribution < 1.29 is 9.53 Å². The highest BCUT2D eigenvalue weighted by atomic mass is 79.9. The molecular weight excluding hydrogens is 336 g/mol. The second kappa shape index (κ2) is 7.50. The van der Waals surface area contributed by atoms with Gasteiger partial charge in [0.05, 0.1) is 6.61 Å². The fourth-order valence-corrected chi connectivity index (χ4v) is 2.77. The second-order valence-electron chi connectivity index (χ2n) is 4.23. The summed E-state index contributed by atoms with van der Waals surface area (Å²) in [6, 6.07) is 15.5. The minimum atomic E-state index is 0.0968. The fourth-order valence-electron chi connectivity index (χ4n) is 1.66. The van der Waals surface area contributed by atoms with Gasteiger partial charge in [-0.15, -0.1) is 11.8 Å². The van der Waals surface area contributed by atoms with E-state index < -0.39 is 0 Å². The van der Waals surface area contributed by atoms with E-state index >= 15 is 0 Å². The van der Waals surface area contributed by atoms with Crippen LogP contribution in [0.1, 0.15) is 17.3 Å². The van der Waals surface area contributed by atoms with E-state index in [1.165, 1.54) is 0 Å². The van der Waals surface area contributed by atoms with Crippen molar-refractivity contribution in [1.29, 1.82) is 0 Å². The highest BCUT2D eigenvalue weighted by Crippen LogP contribution is 2.20. The van der Waals surface area contributed by atoms with E-state index in [2.05, 4.69) is 15.9 Å². The van der Waals surface area contributed by atoms with E-state index in [0.29, 0.717) is 6.61 Å². The van der Waals surface area contributed by atoms with Gasteiger partial charge in [-0.3, -0.25) is 4.79 Å². The Morgan fingerprint density at radius 1 is 1.20 bits per heavy atom.